The van der Waals surface area contributed by atoms with E-state index in [0.717, 1.165) is 0 Å². The average molecular weight is 419 g/mol. The summed E-state index contributed by atoms with van der Waals surface area (Å²) in [5.41, 5.74) is 0.455. The number of hydrogen-bond acceptors (Lipinski definition) is 6. The van der Waals surface area contributed by atoms with E-state index in [1.54, 1.807) is 38.1 Å². The van der Waals surface area contributed by atoms with Crippen LogP contribution in [0.4, 0.5) is 0 Å². The highest BCUT2D eigenvalue weighted by molar-refractivity contribution is 7.89. The molecule has 0 unspecified atom stereocenters. The molecule has 156 valence electrons. The van der Waals surface area contributed by atoms with Crippen molar-refractivity contribution in [3.8, 4) is 5.75 Å². The summed E-state index contributed by atoms with van der Waals surface area (Å²) in [4.78, 5) is 24.5. The maximum absolute atomic E-state index is 12.6. The van der Waals surface area contributed by atoms with E-state index in [2.05, 4.69) is 0 Å². The van der Waals surface area contributed by atoms with Crippen LogP contribution in [0.15, 0.2) is 53.4 Å². The molecule has 0 radical (unpaired) electrons. The molecule has 0 heterocycles. The molecule has 8 heteroatoms. The molecule has 0 bridgehead atoms. The summed E-state index contributed by atoms with van der Waals surface area (Å²) in [5, 5.41) is 0. The Hall–Kier alpha value is -2.71. The number of hydrogen-bond donors (Lipinski definition) is 0. The van der Waals surface area contributed by atoms with Gasteiger partial charge in [0.2, 0.25) is 10.0 Å². The van der Waals surface area contributed by atoms with Crippen molar-refractivity contribution >= 4 is 21.8 Å². The summed E-state index contributed by atoms with van der Waals surface area (Å²) in [6.45, 7) is 6.07. The monoisotopic (exact) mass is 419 g/mol. The van der Waals surface area contributed by atoms with Crippen molar-refractivity contribution in [2.75, 3.05) is 26.3 Å². The molecule has 29 heavy (non-hydrogen) atoms. The lowest BCUT2D eigenvalue weighted by atomic mass is 10.1. The van der Waals surface area contributed by atoms with Gasteiger partial charge in [0.05, 0.1) is 17.1 Å². The Labute approximate surface area is 171 Å². The number of carbonyl (C=O) groups is 2. The molecule has 0 aliphatic heterocycles. The first kappa shape index (κ1) is 22.6. The van der Waals surface area contributed by atoms with Crippen LogP contribution in [0.25, 0.3) is 0 Å². The Morgan fingerprint density at radius 3 is 2.17 bits per heavy atom. The van der Waals surface area contributed by atoms with Gasteiger partial charge < -0.3 is 9.47 Å². The van der Waals surface area contributed by atoms with Crippen LogP contribution >= 0.6 is 0 Å². The minimum Gasteiger partial charge on any atom is -0.494 e. The molecule has 0 saturated carbocycles. The summed E-state index contributed by atoms with van der Waals surface area (Å²) in [7, 11) is -3.69. The fourth-order valence-corrected chi connectivity index (χ4v) is 4.20. The molecule has 2 aromatic rings. The second-order valence-corrected chi connectivity index (χ2v) is 8.01. The first-order valence-electron chi connectivity index (χ1n) is 9.36. The lowest BCUT2D eigenvalue weighted by Crippen LogP contribution is -2.30. The molecule has 0 spiro atoms. The predicted octanol–water partition coefficient (Wildman–Crippen LogP) is 3.16. The number of esters is 1. The lowest BCUT2D eigenvalue weighted by molar-refractivity contribution is 0.0474. The third-order valence-electron chi connectivity index (χ3n) is 4.23. The zero-order valence-electron chi connectivity index (χ0n) is 16.8. The molecule has 0 aliphatic rings. The fourth-order valence-electron chi connectivity index (χ4n) is 2.70. The van der Waals surface area contributed by atoms with Crippen molar-refractivity contribution in [1.82, 2.24) is 4.31 Å². The van der Waals surface area contributed by atoms with Crippen LogP contribution < -0.4 is 4.74 Å². The van der Waals surface area contributed by atoms with Crippen molar-refractivity contribution in [2.24, 2.45) is 0 Å². The number of rotatable bonds is 10. The Morgan fingerprint density at radius 2 is 1.59 bits per heavy atom. The first-order chi connectivity index (χ1) is 13.8. The van der Waals surface area contributed by atoms with Gasteiger partial charge in [-0.3, -0.25) is 4.79 Å². The largest absolute Gasteiger partial charge is 0.494 e. The molecular formula is C21H25NO6S. The number of sulfonamides is 1. The van der Waals surface area contributed by atoms with E-state index in [1.165, 1.54) is 28.6 Å². The molecule has 0 aromatic heterocycles. The van der Waals surface area contributed by atoms with Gasteiger partial charge >= 0.3 is 5.97 Å². The van der Waals surface area contributed by atoms with Gasteiger partial charge in [-0.2, -0.15) is 4.31 Å². The third-order valence-corrected chi connectivity index (χ3v) is 6.28. The standard InChI is InChI=1S/C21H25NO6S/c1-4-22(5-2)29(25,26)19-9-7-8-17(14-19)21(24)28-15-20(23)16-10-12-18(13-11-16)27-6-3/h7-14H,4-6,15H2,1-3H3. The van der Waals surface area contributed by atoms with Gasteiger partial charge in [0.1, 0.15) is 5.75 Å². The summed E-state index contributed by atoms with van der Waals surface area (Å²) >= 11 is 0. The van der Waals surface area contributed by atoms with Crippen molar-refractivity contribution in [3.63, 3.8) is 0 Å². The Kier molecular flexibility index (Phi) is 7.92. The predicted molar refractivity (Wildman–Crippen MR) is 109 cm³/mol. The van der Waals surface area contributed by atoms with Gasteiger partial charge in [0.15, 0.2) is 12.4 Å². The van der Waals surface area contributed by atoms with Crippen LogP contribution in [-0.2, 0) is 14.8 Å². The minimum atomic E-state index is -3.69. The van der Waals surface area contributed by atoms with Crippen LogP contribution in [0, 0.1) is 0 Å². The van der Waals surface area contributed by atoms with Gasteiger partial charge in [-0.1, -0.05) is 19.9 Å². The zero-order chi connectivity index (χ0) is 21.4. The Bertz CT molecular complexity index is 949. The molecule has 0 atom stereocenters. The van der Waals surface area contributed by atoms with Gasteiger partial charge in [0, 0.05) is 18.7 Å². The van der Waals surface area contributed by atoms with E-state index >= 15 is 0 Å². The highest BCUT2D eigenvalue weighted by Gasteiger charge is 2.23. The van der Waals surface area contributed by atoms with Gasteiger partial charge in [-0.05, 0) is 49.4 Å². The molecule has 0 N–H and O–H groups in total. The number of Topliss-reactive ketones (excluding diaryl/α,β-unsaturated/α-hetero) is 1. The van der Waals surface area contributed by atoms with Crippen LogP contribution in [0.1, 0.15) is 41.5 Å². The van der Waals surface area contributed by atoms with Crippen molar-refractivity contribution in [2.45, 2.75) is 25.7 Å². The van der Waals surface area contributed by atoms with E-state index in [-0.39, 0.29) is 16.2 Å². The second-order valence-electron chi connectivity index (χ2n) is 6.07. The first-order valence-corrected chi connectivity index (χ1v) is 10.8. The van der Waals surface area contributed by atoms with Crippen LogP contribution in [0.2, 0.25) is 0 Å². The average Bonchev–Trinajstić information content (AvgIpc) is 2.73. The molecule has 0 aliphatic carbocycles. The lowest BCUT2D eigenvalue weighted by Gasteiger charge is -2.18. The fraction of sp³-hybridized carbons (Fsp3) is 0.333. The molecule has 0 amide bonds. The van der Waals surface area contributed by atoms with Crippen molar-refractivity contribution < 1.29 is 27.5 Å². The zero-order valence-corrected chi connectivity index (χ0v) is 17.6. The van der Waals surface area contributed by atoms with Crippen LogP contribution in [0.3, 0.4) is 0 Å². The molecule has 2 aromatic carbocycles. The normalized spacial score (nSPS) is 11.3. The topological polar surface area (TPSA) is 90.0 Å². The summed E-state index contributed by atoms with van der Waals surface area (Å²) in [6, 6.07) is 12.1. The number of ketones is 1. The SMILES string of the molecule is CCOc1ccc(C(=O)COC(=O)c2cccc(S(=O)(=O)N(CC)CC)c2)cc1. The van der Waals surface area contributed by atoms with Crippen molar-refractivity contribution in [3.05, 3.63) is 59.7 Å². The van der Waals surface area contributed by atoms with E-state index in [4.69, 9.17) is 9.47 Å². The van der Waals surface area contributed by atoms with E-state index < -0.39 is 22.6 Å². The number of ether oxygens (including phenoxy) is 2. The second kappa shape index (κ2) is 10.2. The maximum Gasteiger partial charge on any atom is 0.338 e. The number of carbonyl (C=O) groups excluding carboxylic acids is 2. The number of benzene rings is 2. The molecular weight excluding hydrogens is 394 g/mol. The molecule has 0 fully saturated rings. The van der Waals surface area contributed by atoms with E-state index in [9.17, 15) is 18.0 Å². The summed E-state index contributed by atoms with van der Waals surface area (Å²) in [5.74, 6) is -0.485. The minimum absolute atomic E-state index is 0.00786. The smallest absolute Gasteiger partial charge is 0.338 e. The Balaban J connectivity index is 2.07. The van der Waals surface area contributed by atoms with Gasteiger partial charge in [0.25, 0.3) is 0 Å². The quantitative estimate of drug-likeness (QED) is 0.434. The summed E-state index contributed by atoms with van der Waals surface area (Å²) in [6.07, 6.45) is 0. The van der Waals surface area contributed by atoms with E-state index in [1.807, 2.05) is 6.92 Å². The highest BCUT2D eigenvalue weighted by Crippen LogP contribution is 2.18. The van der Waals surface area contributed by atoms with Crippen LogP contribution in [-0.4, -0.2) is 50.8 Å². The molecule has 2 rings (SSSR count). The highest BCUT2D eigenvalue weighted by atomic mass is 32.2. The van der Waals surface area contributed by atoms with Gasteiger partial charge in [-0.15, -0.1) is 0 Å². The maximum atomic E-state index is 12.6. The van der Waals surface area contributed by atoms with Crippen LogP contribution in [0.5, 0.6) is 5.75 Å². The molecule has 7 nitrogen and oxygen atoms in total. The third kappa shape index (κ3) is 5.65. The van der Waals surface area contributed by atoms with Gasteiger partial charge in [-0.25, -0.2) is 13.2 Å². The van der Waals surface area contributed by atoms with Crippen molar-refractivity contribution in [1.29, 1.82) is 0 Å². The number of nitrogens with zero attached hydrogens (tertiary/aromatic N) is 1. The molecule has 0 saturated heterocycles. The Morgan fingerprint density at radius 1 is 0.931 bits per heavy atom. The summed E-state index contributed by atoms with van der Waals surface area (Å²) < 4.78 is 36.9. The van der Waals surface area contributed by atoms with E-state index in [0.29, 0.717) is 31.0 Å².